The normalized spacial score (nSPS) is 14.1. The van der Waals surface area contributed by atoms with Crippen LogP contribution in [0.1, 0.15) is 31.7 Å². The van der Waals surface area contributed by atoms with E-state index in [0.29, 0.717) is 6.61 Å². The summed E-state index contributed by atoms with van der Waals surface area (Å²) in [5.74, 6) is -0.885. The molecule has 2 N–H and O–H groups in total. The van der Waals surface area contributed by atoms with Crippen molar-refractivity contribution in [2.75, 3.05) is 6.61 Å². The molecule has 0 saturated heterocycles. The minimum absolute atomic E-state index is 0.437. The van der Waals surface area contributed by atoms with Gasteiger partial charge in [0.1, 0.15) is 5.75 Å². The highest BCUT2D eigenvalue weighted by Gasteiger charge is 2.22. The highest BCUT2D eigenvalue weighted by molar-refractivity contribution is 5.73. The molecule has 1 aromatic rings. The van der Waals surface area contributed by atoms with Crippen molar-refractivity contribution in [2.45, 2.75) is 32.3 Å². The molecule has 0 radical (unpaired) electrons. The molecule has 4 heteroatoms. The minimum atomic E-state index is -1.38. The lowest BCUT2D eigenvalue weighted by Gasteiger charge is -2.15. The maximum absolute atomic E-state index is 10.6. The SMILES string of the molecule is CCCOc1ccc(C(C)C(O)C(=O)O)cc1. The van der Waals surface area contributed by atoms with Crippen LogP contribution in [0.5, 0.6) is 5.75 Å². The molecule has 1 aromatic carbocycles. The maximum atomic E-state index is 10.6. The molecule has 0 bridgehead atoms. The Hall–Kier alpha value is -1.55. The first kappa shape index (κ1) is 13.5. The van der Waals surface area contributed by atoms with Crippen LogP contribution >= 0.6 is 0 Å². The summed E-state index contributed by atoms with van der Waals surface area (Å²) in [6.07, 6.45) is -0.437. The van der Waals surface area contributed by atoms with Crippen molar-refractivity contribution in [3.8, 4) is 5.75 Å². The molecule has 0 aliphatic rings. The van der Waals surface area contributed by atoms with Crippen molar-refractivity contribution in [3.63, 3.8) is 0 Å². The van der Waals surface area contributed by atoms with Crippen LogP contribution in [-0.4, -0.2) is 28.9 Å². The van der Waals surface area contributed by atoms with Crippen LogP contribution in [0.3, 0.4) is 0 Å². The van der Waals surface area contributed by atoms with Crippen molar-refractivity contribution in [3.05, 3.63) is 29.8 Å². The third kappa shape index (κ3) is 3.75. The van der Waals surface area contributed by atoms with Gasteiger partial charge in [-0.15, -0.1) is 0 Å². The van der Waals surface area contributed by atoms with Crippen LogP contribution in [0.2, 0.25) is 0 Å². The van der Waals surface area contributed by atoms with Crippen LogP contribution in [-0.2, 0) is 4.79 Å². The second-order valence-corrected chi connectivity index (χ2v) is 3.99. The van der Waals surface area contributed by atoms with Crippen LogP contribution in [0.15, 0.2) is 24.3 Å². The molecule has 0 heterocycles. The number of aliphatic hydroxyl groups excluding tert-OH is 1. The molecular formula is C13H18O4. The smallest absolute Gasteiger partial charge is 0.333 e. The molecule has 0 aliphatic heterocycles. The molecule has 0 amide bonds. The molecule has 2 atom stereocenters. The fraction of sp³-hybridized carbons (Fsp3) is 0.462. The van der Waals surface area contributed by atoms with Crippen molar-refractivity contribution in [1.29, 1.82) is 0 Å². The van der Waals surface area contributed by atoms with Gasteiger partial charge >= 0.3 is 5.97 Å². The molecule has 0 fully saturated rings. The summed E-state index contributed by atoms with van der Waals surface area (Å²) < 4.78 is 5.42. The van der Waals surface area contributed by atoms with Gasteiger partial charge in [-0.25, -0.2) is 4.79 Å². The molecule has 0 saturated carbocycles. The quantitative estimate of drug-likeness (QED) is 0.795. The van der Waals surface area contributed by atoms with E-state index in [-0.39, 0.29) is 0 Å². The van der Waals surface area contributed by atoms with E-state index in [1.165, 1.54) is 0 Å². The predicted molar refractivity (Wildman–Crippen MR) is 64.3 cm³/mol. The van der Waals surface area contributed by atoms with E-state index in [0.717, 1.165) is 17.7 Å². The molecule has 17 heavy (non-hydrogen) atoms. The van der Waals surface area contributed by atoms with Gasteiger partial charge in [-0.1, -0.05) is 26.0 Å². The Balaban J connectivity index is 2.69. The summed E-state index contributed by atoms with van der Waals surface area (Å²) >= 11 is 0. The predicted octanol–water partition coefficient (Wildman–Crippen LogP) is 2.02. The number of hydrogen-bond acceptors (Lipinski definition) is 3. The lowest BCUT2D eigenvalue weighted by Crippen LogP contribution is -2.25. The van der Waals surface area contributed by atoms with E-state index in [9.17, 15) is 9.90 Å². The van der Waals surface area contributed by atoms with Gasteiger partial charge in [0.25, 0.3) is 0 Å². The number of carboxylic acid groups (broad SMARTS) is 1. The second-order valence-electron chi connectivity index (χ2n) is 3.99. The van der Waals surface area contributed by atoms with E-state index >= 15 is 0 Å². The molecule has 4 nitrogen and oxygen atoms in total. The zero-order valence-electron chi connectivity index (χ0n) is 10.1. The molecule has 0 aromatic heterocycles. The van der Waals surface area contributed by atoms with Crippen LogP contribution in [0.4, 0.5) is 0 Å². The Kier molecular flexibility index (Phi) is 4.97. The first-order valence-corrected chi connectivity index (χ1v) is 5.70. The molecule has 0 aliphatic carbocycles. The summed E-state index contributed by atoms with van der Waals surface area (Å²) in [4.78, 5) is 10.6. The zero-order chi connectivity index (χ0) is 12.8. The van der Waals surface area contributed by atoms with Gasteiger partial charge in [0, 0.05) is 5.92 Å². The number of benzene rings is 1. The lowest BCUT2D eigenvalue weighted by molar-refractivity contribution is -0.147. The number of carboxylic acids is 1. The number of aliphatic carboxylic acids is 1. The third-order valence-electron chi connectivity index (χ3n) is 2.61. The molecule has 94 valence electrons. The first-order valence-electron chi connectivity index (χ1n) is 5.70. The highest BCUT2D eigenvalue weighted by atomic mass is 16.5. The van der Waals surface area contributed by atoms with Gasteiger partial charge in [-0.05, 0) is 24.1 Å². The largest absolute Gasteiger partial charge is 0.494 e. The van der Waals surface area contributed by atoms with E-state index in [1.807, 2.05) is 6.92 Å². The van der Waals surface area contributed by atoms with Crippen LogP contribution in [0, 0.1) is 0 Å². The van der Waals surface area contributed by atoms with Gasteiger partial charge < -0.3 is 14.9 Å². The Morgan fingerprint density at radius 3 is 2.41 bits per heavy atom. The van der Waals surface area contributed by atoms with Crippen molar-refractivity contribution in [2.24, 2.45) is 0 Å². The van der Waals surface area contributed by atoms with Gasteiger partial charge in [-0.2, -0.15) is 0 Å². The average Bonchev–Trinajstić information content (AvgIpc) is 2.35. The molecule has 2 unspecified atom stereocenters. The number of ether oxygens (including phenoxy) is 1. The van der Waals surface area contributed by atoms with E-state index in [4.69, 9.17) is 9.84 Å². The highest BCUT2D eigenvalue weighted by Crippen LogP contribution is 2.22. The Morgan fingerprint density at radius 1 is 1.35 bits per heavy atom. The fourth-order valence-electron chi connectivity index (χ4n) is 1.48. The van der Waals surface area contributed by atoms with Crippen LogP contribution < -0.4 is 4.74 Å². The maximum Gasteiger partial charge on any atom is 0.333 e. The van der Waals surface area contributed by atoms with Crippen molar-refractivity contribution < 1.29 is 19.7 Å². The van der Waals surface area contributed by atoms with Crippen molar-refractivity contribution in [1.82, 2.24) is 0 Å². The van der Waals surface area contributed by atoms with Crippen molar-refractivity contribution >= 4 is 5.97 Å². The lowest BCUT2D eigenvalue weighted by atomic mass is 9.95. The van der Waals surface area contributed by atoms with Gasteiger partial charge in [-0.3, -0.25) is 0 Å². The first-order chi connectivity index (χ1) is 8.06. The summed E-state index contributed by atoms with van der Waals surface area (Å²) in [7, 11) is 0. The standard InChI is InChI=1S/C13H18O4/c1-3-8-17-11-6-4-10(5-7-11)9(2)12(14)13(15)16/h4-7,9,12,14H,3,8H2,1-2H3,(H,15,16). The Morgan fingerprint density at radius 2 is 1.94 bits per heavy atom. The summed E-state index contributed by atoms with van der Waals surface area (Å²) in [5.41, 5.74) is 0.781. The van der Waals surface area contributed by atoms with Gasteiger partial charge in [0.15, 0.2) is 6.10 Å². The third-order valence-corrected chi connectivity index (χ3v) is 2.61. The number of carbonyl (C=O) groups is 1. The average molecular weight is 238 g/mol. The van der Waals surface area contributed by atoms with Gasteiger partial charge in [0.05, 0.1) is 6.61 Å². The van der Waals surface area contributed by atoms with Gasteiger partial charge in [0.2, 0.25) is 0 Å². The zero-order valence-corrected chi connectivity index (χ0v) is 10.1. The van der Waals surface area contributed by atoms with E-state index < -0.39 is 18.0 Å². The summed E-state index contributed by atoms with van der Waals surface area (Å²) in [6.45, 7) is 4.37. The van der Waals surface area contributed by atoms with E-state index in [2.05, 4.69) is 0 Å². The Bertz CT molecular complexity index is 358. The Labute approximate surface area is 101 Å². The number of rotatable bonds is 6. The van der Waals surface area contributed by atoms with E-state index in [1.54, 1.807) is 31.2 Å². The molecule has 1 rings (SSSR count). The summed E-state index contributed by atoms with van der Waals surface area (Å²) in [6, 6.07) is 7.13. The monoisotopic (exact) mass is 238 g/mol. The minimum Gasteiger partial charge on any atom is -0.494 e. The topological polar surface area (TPSA) is 66.8 Å². The summed E-state index contributed by atoms with van der Waals surface area (Å²) in [5, 5.41) is 18.1. The number of aliphatic hydroxyl groups is 1. The fourth-order valence-corrected chi connectivity index (χ4v) is 1.48. The van der Waals surface area contributed by atoms with Crippen LogP contribution in [0.25, 0.3) is 0 Å². The molecular weight excluding hydrogens is 220 g/mol. The molecule has 0 spiro atoms. The second kappa shape index (κ2) is 6.25. The number of hydrogen-bond donors (Lipinski definition) is 2.